The summed E-state index contributed by atoms with van der Waals surface area (Å²) >= 11 is 0. The summed E-state index contributed by atoms with van der Waals surface area (Å²) in [4.78, 5) is 9.13. The molecule has 82 valence electrons. The number of aromatic nitrogens is 3. The summed E-state index contributed by atoms with van der Waals surface area (Å²) < 4.78 is 2.05. The Kier molecular flexibility index (Phi) is 1.90. The smallest absolute Gasteiger partial charge is 0.147 e. The lowest BCUT2D eigenvalue weighted by Gasteiger charge is -2.15. The first-order valence-corrected chi connectivity index (χ1v) is 5.70. The third-order valence-corrected chi connectivity index (χ3v) is 3.29. The highest BCUT2D eigenvalue weighted by molar-refractivity contribution is 5.72. The summed E-state index contributed by atoms with van der Waals surface area (Å²) in [6, 6.07) is 0. The second-order valence-electron chi connectivity index (χ2n) is 4.71. The third kappa shape index (κ3) is 1.14. The van der Waals surface area contributed by atoms with Crippen LogP contribution in [-0.2, 0) is 0 Å². The van der Waals surface area contributed by atoms with Crippen LogP contribution in [0.25, 0.3) is 11.7 Å². The maximum atomic E-state index is 4.72. The van der Waals surface area contributed by atoms with Gasteiger partial charge in [0.2, 0.25) is 0 Å². The van der Waals surface area contributed by atoms with Gasteiger partial charge in [0.05, 0.1) is 5.69 Å². The fourth-order valence-corrected chi connectivity index (χ4v) is 2.41. The van der Waals surface area contributed by atoms with Crippen molar-refractivity contribution in [2.24, 2.45) is 5.92 Å². The van der Waals surface area contributed by atoms with E-state index in [-0.39, 0.29) is 0 Å². The average molecular weight is 213 g/mol. The van der Waals surface area contributed by atoms with Gasteiger partial charge in [-0.05, 0) is 12.8 Å². The van der Waals surface area contributed by atoms with Crippen molar-refractivity contribution in [3.63, 3.8) is 0 Å². The maximum absolute atomic E-state index is 4.72. The number of hydrogen-bond donors (Lipinski definition) is 0. The minimum atomic E-state index is 0.440. The van der Waals surface area contributed by atoms with Crippen LogP contribution in [0.15, 0.2) is 18.5 Å². The number of nitrogens with zero attached hydrogens (tertiary/aromatic N) is 3. The Morgan fingerprint density at radius 1 is 1.38 bits per heavy atom. The Morgan fingerprint density at radius 3 is 2.94 bits per heavy atom. The molecule has 0 fully saturated rings. The minimum Gasteiger partial charge on any atom is -0.288 e. The summed E-state index contributed by atoms with van der Waals surface area (Å²) in [5.74, 6) is 2.04. The number of rotatable bonds is 1. The van der Waals surface area contributed by atoms with Crippen LogP contribution in [0.5, 0.6) is 0 Å². The van der Waals surface area contributed by atoms with Gasteiger partial charge in [-0.15, -0.1) is 0 Å². The zero-order valence-electron chi connectivity index (χ0n) is 9.81. The van der Waals surface area contributed by atoms with Gasteiger partial charge < -0.3 is 0 Å². The molecular formula is C13H15N3. The van der Waals surface area contributed by atoms with Crippen molar-refractivity contribution in [3.05, 3.63) is 35.6 Å². The first kappa shape index (κ1) is 9.58. The van der Waals surface area contributed by atoms with E-state index in [9.17, 15) is 0 Å². The van der Waals surface area contributed by atoms with Gasteiger partial charge in [-0.3, -0.25) is 4.40 Å². The van der Waals surface area contributed by atoms with Gasteiger partial charge in [0.15, 0.2) is 0 Å². The number of aryl methyl sites for hydroxylation is 1. The first-order valence-electron chi connectivity index (χ1n) is 5.70. The fourth-order valence-electron chi connectivity index (χ4n) is 2.41. The Balaban J connectivity index is 2.31. The molecule has 0 amide bonds. The standard InChI is InChI=1S/C13H15N3/c1-8(2)10-4-5-11-12(10)15-9(3)16-7-6-14-13(11)16/h4-8,10H,1-3H3. The van der Waals surface area contributed by atoms with Crippen molar-refractivity contribution in [1.82, 2.24) is 14.4 Å². The van der Waals surface area contributed by atoms with Gasteiger partial charge in [0, 0.05) is 23.9 Å². The lowest BCUT2D eigenvalue weighted by molar-refractivity contribution is 0.570. The monoisotopic (exact) mass is 213 g/mol. The van der Waals surface area contributed by atoms with E-state index >= 15 is 0 Å². The normalized spacial score (nSPS) is 18.6. The quantitative estimate of drug-likeness (QED) is 0.729. The van der Waals surface area contributed by atoms with Crippen LogP contribution in [0.1, 0.15) is 36.8 Å². The molecule has 0 aliphatic heterocycles. The second-order valence-corrected chi connectivity index (χ2v) is 4.71. The van der Waals surface area contributed by atoms with E-state index < -0.39 is 0 Å². The van der Waals surface area contributed by atoms with Gasteiger partial charge in [0.25, 0.3) is 0 Å². The average Bonchev–Trinajstić information content (AvgIpc) is 2.80. The molecule has 1 aliphatic rings. The number of allylic oxidation sites excluding steroid dienone is 1. The molecule has 2 aromatic rings. The summed E-state index contributed by atoms with van der Waals surface area (Å²) in [6.45, 7) is 6.50. The van der Waals surface area contributed by atoms with E-state index in [0.717, 1.165) is 11.5 Å². The molecule has 3 nitrogen and oxygen atoms in total. The minimum absolute atomic E-state index is 0.440. The summed E-state index contributed by atoms with van der Waals surface area (Å²) in [5.41, 5.74) is 3.40. The molecule has 0 spiro atoms. The molecule has 0 radical (unpaired) electrons. The SMILES string of the molecule is Cc1nc2c(c3nccn13)C=CC2C(C)C. The maximum Gasteiger partial charge on any atom is 0.147 e. The number of hydrogen-bond acceptors (Lipinski definition) is 2. The first-order chi connectivity index (χ1) is 7.68. The van der Waals surface area contributed by atoms with Crippen molar-refractivity contribution >= 4 is 11.7 Å². The Hall–Kier alpha value is -1.64. The van der Waals surface area contributed by atoms with Crippen molar-refractivity contribution in [2.45, 2.75) is 26.7 Å². The molecule has 0 saturated carbocycles. The van der Waals surface area contributed by atoms with Gasteiger partial charge in [0.1, 0.15) is 11.5 Å². The van der Waals surface area contributed by atoms with Crippen LogP contribution in [-0.4, -0.2) is 14.4 Å². The molecule has 0 bridgehead atoms. The fraction of sp³-hybridized carbons (Fsp3) is 0.385. The van der Waals surface area contributed by atoms with E-state index in [1.165, 1.54) is 11.3 Å². The predicted molar refractivity (Wildman–Crippen MR) is 64.3 cm³/mol. The van der Waals surface area contributed by atoms with Gasteiger partial charge in [-0.1, -0.05) is 26.0 Å². The molecule has 0 N–H and O–H groups in total. The van der Waals surface area contributed by atoms with E-state index in [0.29, 0.717) is 11.8 Å². The highest BCUT2D eigenvalue weighted by atomic mass is 15.1. The zero-order valence-corrected chi connectivity index (χ0v) is 9.81. The molecule has 1 unspecified atom stereocenters. The molecule has 2 aromatic heterocycles. The van der Waals surface area contributed by atoms with Crippen LogP contribution in [0.4, 0.5) is 0 Å². The van der Waals surface area contributed by atoms with Crippen molar-refractivity contribution < 1.29 is 0 Å². The lowest BCUT2D eigenvalue weighted by Crippen LogP contribution is -2.08. The van der Waals surface area contributed by atoms with Gasteiger partial charge in [-0.2, -0.15) is 0 Å². The largest absolute Gasteiger partial charge is 0.288 e. The van der Waals surface area contributed by atoms with Crippen LogP contribution < -0.4 is 0 Å². The topological polar surface area (TPSA) is 30.2 Å². The zero-order chi connectivity index (χ0) is 11.3. The molecule has 1 atom stereocenters. The molecular weight excluding hydrogens is 198 g/mol. The molecule has 2 heterocycles. The van der Waals surface area contributed by atoms with Crippen molar-refractivity contribution in [3.8, 4) is 0 Å². The molecule has 0 aromatic carbocycles. The summed E-state index contributed by atoms with van der Waals surface area (Å²) in [5, 5.41) is 0. The van der Waals surface area contributed by atoms with E-state index in [2.05, 4.69) is 31.0 Å². The molecule has 3 rings (SSSR count). The van der Waals surface area contributed by atoms with Crippen LogP contribution >= 0.6 is 0 Å². The second kappa shape index (κ2) is 3.17. The highest BCUT2D eigenvalue weighted by Gasteiger charge is 2.25. The highest BCUT2D eigenvalue weighted by Crippen LogP contribution is 2.35. The molecule has 16 heavy (non-hydrogen) atoms. The van der Waals surface area contributed by atoms with Crippen molar-refractivity contribution in [1.29, 1.82) is 0 Å². The van der Waals surface area contributed by atoms with E-state index in [1.807, 2.05) is 23.7 Å². The van der Waals surface area contributed by atoms with E-state index in [4.69, 9.17) is 4.98 Å². The molecule has 3 heteroatoms. The van der Waals surface area contributed by atoms with Crippen LogP contribution in [0.3, 0.4) is 0 Å². The van der Waals surface area contributed by atoms with Crippen molar-refractivity contribution in [2.75, 3.05) is 0 Å². The van der Waals surface area contributed by atoms with Crippen LogP contribution in [0, 0.1) is 12.8 Å². The Bertz CT molecular complexity index is 578. The Morgan fingerprint density at radius 2 is 2.19 bits per heavy atom. The molecule has 1 aliphatic carbocycles. The van der Waals surface area contributed by atoms with Gasteiger partial charge >= 0.3 is 0 Å². The molecule has 0 saturated heterocycles. The van der Waals surface area contributed by atoms with Crippen LogP contribution in [0.2, 0.25) is 0 Å². The number of fused-ring (bicyclic) bond motifs is 3. The predicted octanol–water partition coefficient (Wildman–Crippen LogP) is 2.80. The summed E-state index contributed by atoms with van der Waals surface area (Å²) in [7, 11) is 0. The Labute approximate surface area is 94.8 Å². The summed E-state index contributed by atoms with van der Waals surface area (Å²) in [6.07, 6.45) is 8.21. The van der Waals surface area contributed by atoms with Gasteiger partial charge in [-0.25, -0.2) is 9.97 Å². The third-order valence-electron chi connectivity index (χ3n) is 3.29. The number of imidazole rings is 1. The lowest BCUT2D eigenvalue weighted by atomic mass is 9.94. The van der Waals surface area contributed by atoms with E-state index in [1.54, 1.807) is 0 Å².